The number of para-hydroxylation sites is 1. The van der Waals surface area contributed by atoms with Gasteiger partial charge in [-0.05, 0) is 25.0 Å². The lowest BCUT2D eigenvalue weighted by Gasteiger charge is -2.02. The summed E-state index contributed by atoms with van der Waals surface area (Å²) in [6, 6.07) is 12.2. The summed E-state index contributed by atoms with van der Waals surface area (Å²) in [5.41, 5.74) is 1.85. The normalized spacial score (nSPS) is 10.9. The highest BCUT2D eigenvalue weighted by Crippen LogP contribution is 2.11. The van der Waals surface area contributed by atoms with Crippen molar-refractivity contribution in [3.8, 4) is 6.07 Å². The molecule has 0 unspecified atom stereocenters. The summed E-state index contributed by atoms with van der Waals surface area (Å²) in [5.74, 6) is 0. The maximum Gasteiger partial charge on any atom is 0.0962 e. The molecule has 0 aliphatic heterocycles. The molecule has 17 heavy (non-hydrogen) atoms. The van der Waals surface area contributed by atoms with Crippen LogP contribution in [0.1, 0.15) is 39.0 Å². The topological polar surface area (TPSA) is 35.8 Å². The third-order valence-electron chi connectivity index (χ3n) is 2.63. The molecule has 0 bridgehead atoms. The van der Waals surface area contributed by atoms with E-state index in [2.05, 4.69) is 18.3 Å². The zero-order valence-electron chi connectivity index (χ0n) is 10.4. The van der Waals surface area contributed by atoms with Crippen molar-refractivity contribution in [2.75, 3.05) is 5.32 Å². The highest BCUT2D eigenvalue weighted by molar-refractivity contribution is 5.46. The molecule has 0 saturated carbocycles. The third-order valence-corrected chi connectivity index (χ3v) is 2.63. The van der Waals surface area contributed by atoms with Crippen molar-refractivity contribution >= 4 is 5.69 Å². The largest absolute Gasteiger partial charge is 0.361 e. The van der Waals surface area contributed by atoms with E-state index in [-0.39, 0.29) is 0 Å². The Balaban J connectivity index is 2.37. The first-order valence-corrected chi connectivity index (χ1v) is 6.27. The first kappa shape index (κ1) is 13.3. The molecule has 90 valence electrons. The van der Waals surface area contributed by atoms with Crippen LogP contribution < -0.4 is 5.32 Å². The van der Waals surface area contributed by atoms with Crippen molar-refractivity contribution in [1.29, 1.82) is 5.26 Å². The number of anilines is 1. The van der Waals surface area contributed by atoms with Gasteiger partial charge in [0, 0.05) is 17.5 Å². The second-order valence-electron chi connectivity index (χ2n) is 4.10. The van der Waals surface area contributed by atoms with Crippen LogP contribution in [0.15, 0.2) is 42.1 Å². The lowest BCUT2D eigenvalue weighted by atomic mass is 10.1. The van der Waals surface area contributed by atoms with E-state index < -0.39 is 0 Å². The van der Waals surface area contributed by atoms with Gasteiger partial charge in [-0.25, -0.2) is 0 Å². The van der Waals surface area contributed by atoms with E-state index >= 15 is 0 Å². The van der Waals surface area contributed by atoms with Crippen LogP contribution in [-0.4, -0.2) is 0 Å². The molecule has 0 aliphatic rings. The Labute approximate surface area is 104 Å². The molecule has 1 rings (SSSR count). The first-order valence-electron chi connectivity index (χ1n) is 6.27. The predicted molar refractivity (Wildman–Crippen MR) is 72.5 cm³/mol. The SMILES string of the molecule is CCCCCC/C(C#N)=C/Nc1ccccc1. The monoisotopic (exact) mass is 228 g/mol. The van der Waals surface area contributed by atoms with Gasteiger partial charge in [-0.3, -0.25) is 0 Å². The number of unbranched alkanes of at least 4 members (excludes halogenated alkanes) is 3. The van der Waals surface area contributed by atoms with Crippen molar-refractivity contribution in [2.45, 2.75) is 39.0 Å². The highest BCUT2D eigenvalue weighted by Gasteiger charge is 1.96. The number of hydrogen-bond donors (Lipinski definition) is 1. The van der Waals surface area contributed by atoms with Crippen molar-refractivity contribution in [3.05, 3.63) is 42.1 Å². The average Bonchev–Trinajstić information content (AvgIpc) is 2.39. The van der Waals surface area contributed by atoms with Gasteiger partial charge in [0.05, 0.1) is 6.07 Å². The number of benzene rings is 1. The summed E-state index contributed by atoms with van der Waals surface area (Å²) in [6.07, 6.45) is 7.49. The Morgan fingerprint density at radius 1 is 1.24 bits per heavy atom. The van der Waals surface area contributed by atoms with Gasteiger partial charge >= 0.3 is 0 Å². The van der Waals surface area contributed by atoms with Crippen LogP contribution >= 0.6 is 0 Å². The molecule has 0 saturated heterocycles. The lowest BCUT2D eigenvalue weighted by molar-refractivity contribution is 0.668. The molecule has 0 amide bonds. The Bertz CT molecular complexity index is 374. The van der Waals surface area contributed by atoms with Crippen LogP contribution in [0, 0.1) is 11.3 Å². The van der Waals surface area contributed by atoms with E-state index in [0.29, 0.717) is 0 Å². The average molecular weight is 228 g/mol. The minimum atomic E-state index is 0.824. The number of nitrogens with zero attached hydrogens (tertiary/aromatic N) is 1. The van der Waals surface area contributed by atoms with Crippen LogP contribution in [0.3, 0.4) is 0 Å². The minimum absolute atomic E-state index is 0.824. The molecular formula is C15H20N2. The van der Waals surface area contributed by atoms with Gasteiger partial charge < -0.3 is 5.32 Å². The third kappa shape index (κ3) is 5.77. The van der Waals surface area contributed by atoms with Crippen LogP contribution in [0.5, 0.6) is 0 Å². The second kappa shape index (κ2) is 8.41. The quantitative estimate of drug-likeness (QED) is 0.552. The molecule has 0 spiro atoms. The van der Waals surface area contributed by atoms with Crippen LogP contribution in [0.25, 0.3) is 0 Å². The fourth-order valence-electron chi connectivity index (χ4n) is 1.61. The summed E-state index contributed by atoms with van der Waals surface area (Å²) < 4.78 is 0. The zero-order chi connectivity index (χ0) is 12.3. The standard InChI is InChI=1S/C15H20N2/c1-2-3-4-6-9-14(12-16)13-17-15-10-7-5-8-11-15/h5,7-8,10-11,13,17H,2-4,6,9H2,1H3/b14-13-. The van der Waals surface area contributed by atoms with Gasteiger partial charge in [0.15, 0.2) is 0 Å². The fourth-order valence-corrected chi connectivity index (χ4v) is 1.61. The summed E-state index contributed by atoms with van der Waals surface area (Å²) in [7, 11) is 0. The minimum Gasteiger partial charge on any atom is -0.361 e. The zero-order valence-corrected chi connectivity index (χ0v) is 10.4. The van der Waals surface area contributed by atoms with Crippen LogP contribution in [0.4, 0.5) is 5.69 Å². The fraction of sp³-hybridized carbons (Fsp3) is 0.400. The smallest absolute Gasteiger partial charge is 0.0962 e. The molecular weight excluding hydrogens is 208 g/mol. The first-order chi connectivity index (χ1) is 8.36. The number of hydrogen-bond acceptors (Lipinski definition) is 2. The van der Waals surface area contributed by atoms with E-state index in [9.17, 15) is 0 Å². The lowest BCUT2D eigenvalue weighted by Crippen LogP contribution is -1.91. The Morgan fingerprint density at radius 2 is 2.00 bits per heavy atom. The van der Waals surface area contributed by atoms with E-state index in [4.69, 9.17) is 5.26 Å². The molecule has 0 aliphatic carbocycles. The maximum absolute atomic E-state index is 9.00. The Kier molecular flexibility index (Phi) is 6.59. The van der Waals surface area contributed by atoms with Crippen molar-refractivity contribution < 1.29 is 0 Å². The summed E-state index contributed by atoms with van der Waals surface area (Å²) >= 11 is 0. The van der Waals surface area contributed by atoms with Crippen LogP contribution in [-0.2, 0) is 0 Å². The molecule has 2 nitrogen and oxygen atoms in total. The van der Waals surface area contributed by atoms with Gasteiger partial charge in [-0.15, -0.1) is 0 Å². The Morgan fingerprint density at radius 3 is 2.65 bits per heavy atom. The maximum atomic E-state index is 9.00. The van der Waals surface area contributed by atoms with Crippen molar-refractivity contribution in [1.82, 2.24) is 0 Å². The van der Waals surface area contributed by atoms with Crippen molar-refractivity contribution in [2.24, 2.45) is 0 Å². The number of nitriles is 1. The Hall–Kier alpha value is -1.75. The van der Waals surface area contributed by atoms with Gasteiger partial charge in [-0.1, -0.05) is 44.4 Å². The van der Waals surface area contributed by atoms with Gasteiger partial charge in [-0.2, -0.15) is 5.26 Å². The molecule has 1 aromatic carbocycles. The van der Waals surface area contributed by atoms with Gasteiger partial charge in [0.1, 0.15) is 0 Å². The van der Waals surface area contributed by atoms with Crippen LogP contribution in [0.2, 0.25) is 0 Å². The van der Waals surface area contributed by atoms with Crippen molar-refractivity contribution in [3.63, 3.8) is 0 Å². The highest BCUT2D eigenvalue weighted by atomic mass is 14.8. The summed E-state index contributed by atoms with van der Waals surface area (Å²) in [5, 5.41) is 12.2. The van der Waals surface area contributed by atoms with E-state index in [0.717, 1.165) is 24.1 Å². The molecule has 1 aromatic rings. The molecule has 1 N–H and O–H groups in total. The molecule has 0 fully saturated rings. The molecule has 0 aromatic heterocycles. The second-order valence-corrected chi connectivity index (χ2v) is 4.10. The number of nitrogens with one attached hydrogen (secondary N) is 1. The predicted octanol–water partition coefficient (Wildman–Crippen LogP) is 4.48. The van der Waals surface area contributed by atoms with Gasteiger partial charge in [0.25, 0.3) is 0 Å². The van der Waals surface area contributed by atoms with Gasteiger partial charge in [0.2, 0.25) is 0 Å². The molecule has 0 atom stereocenters. The van der Waals surface area contributed by atoms with E-state index in [1.165, 1.54) is 19.3 Å². The number of allylic oxidation sites excluding steroid dienone is 1. The van der Waals surface area contributed by atoms with E-state index in [1.807, 2.05) is 36.5 Å². The van der Waals surface area contributed by atoms with E-state index in [1.54, 1.807) is 0 Å². The summed E-state index contributed by atoms with van der Waals surface area (Å²) in [4.78, 5) is 0. The number of rotatable bonds is 7. The molecule has 0 radical (unpaired) electrons. The summed E-state index contributed by atoms with van der Waals surface area (Å²) in [6.45, 7) is 2.19. The molecule has 2 heteroatoms. The molecule has 0 heterocycles.